The van der Waals surface area contributed by atoms with Gasteiger partial charge in [-0.25, -0.2) is 4.79 Å². The minimum atomic E-state index is -5.23. The van der Waals surface area contributed by atoms with Crippen molar-refractivity contribution >= 4 is 32.9 Å². The Balaban J connectivity index is 2.56. The summed E-state index contributed by atoms with van der Waals surface area (Å²) in [6.07, 6.45) is -0.570. The number of phenolic OH excluding ortho intramolecular Hbond substituents is 2. The summed E-state index contributed by atoms with van der Waals surface area (Å²) in [6.45, 7) is 0. The van der Waals surface area contributed by atoms with E-state index in [1.165, 1.54) is 0 Å². The highest BCUT2D eigenvalue weighted by atomic mass is 32.3. The number of rotatable bonds is 3. The predicted octanol–water partition coefficient (Wildman–Crippen LogP) is 0.140. The summed E-state index contributed by atoms with van der Waals surface area (Å²) in [4.78, 5) is 35.3. The molecule has 1 heterocycles. The largest absolute Gasteiger partial charge is 0.504 e. The second-order valence-electron chi connectivity index (χ2n) is 5.16. The van der Waals surface area contributed by atoms with E-state index in [1.807, 2.05) is 0 Å². The quantitative estimate of drug-likeness (QED) is 0.423. The van der Waals surface area contributed by atoms with Gasteiger partial charge in [0.1, 0.15) is 0 Å². The molecule has 0 amide bonds. The molecule has 0 spiro atoms. The number of fused-ring (bicyclic) bond motifs is 3. The summed E-state index contributed by atoms with van der Waals surface area (Å²) in [5.74, 6) is -7.71. The first-order valence-corrected chi connectivity index (χ1v) is 7.86. The van der Waals surface area contributed by atoms with Gasteiger partial charge < -0.3 is 23.9 Å². The topological polar surface area (TPSA) is 189 Å². The van der Waals surface area contributed by atoms with Gasteiger partial charge in [0.25, 0.3) is 0 Å². The smallest absolute Gasteiger partial charge is 0.446 e. The van der Waals surface area contributed by atoms with Crippen LogP contribution in [0, 0.1) is 0 Å². The van der Waals surface area contributed by atoms with Gasteiger partial charge in [-0.05, 0) is 6.07 Å². The molecule has 1 aliphatic carbocycles. The normalized spacial score (nSPS) is 16.8. The Morgan fingerprint density at radius 2 is 1.92 bits per heavy atom. The van der Waals surface area contributed by atoms with Crippen LogP contribution in [0.3, 0.4) is 0 Å². The van der Waals surface area contributed by atoms with Gasteiger partial charge in [0.15, 0.2) is 23.0 Å². The van der Waals surface area contributed by atoms with Crippen LogP contribution in [-0.2, 0) is 15.2 Å². The number of carboxylic acid groups (broad SMARTS) is 1. The molecule has 1 atom stereocenters. The first-order valence-electron chi connectivity index (χ1n) is 6.49. The van der Waals surface area contributed by atoms with Crippen molar-refractivity contribution in [3.8, 4) is 17.2 Å². The minimum Gasteiger partial charge on any atom is -0.504 e. The van der Waals surface area contributed by atoms with E-state index >= 15 is 0 Å². The maximum absolute atomic E-state index is 12.0. The van der Waals surface area contributed by atoms with Crippen molar-refractivity contribution in [1.29, 1.82) is 0 Å². The van der Waals surface area contributed by atoms with Crippen LogP contribution in [-0.4, -0.2) is 40.0 Å². The van der Waals surface area contributed by atoms with Gasteiger partial charge in [0.05, 0.1) is 11.3 Å². The summed E-state index contributed by atoms with van der Waals surface area (Å²) in [6, 6.07) is 0.690. The standard InChI is InChI=1S/C13H8O11S/c14-5-2-4-8(11(9(5)16)24-25(20,21)22)7-3(12(17)18)1-6(15)10(7)23-13(4)19/h2-3,14,16H,1H2,(H,17,18)(H,20,21,22)/t3-/m1/s1. The van der Waals surface area contributed by atoms with Crippen molar-refractivity contribution in [2.24, 2.45) is 0 Å². The highest BCUT2D eigenvalue weighted by molar-refractivity contribution is 7.81. The van der Waals surface area contributed by atoms with Crippen LogP contribution in [0.2, 0.25) is 0 Å². The molecule has 11 nitrogen and oxygen atoms in total. The number of phenols is 2. The molecule has 1 aromatic carbocycles. The molecule has 12 heteroatoms. The number of aliphatic carboxylic acids is 1. The van der Waals surface area contributed by atoms with Crippen LogP contribution in [0.15, 0.2) is 15.3 Å². The van der Waals surface area contributed by atoms with E-state index in [4.69, 9.17) is 8.97 Å². The monoisotopic (exact) mass is 372 g/mol. The Kier molecular flexibility index (Phi) is 3.47. The van der Waals surface area contributed by atoms with Crippen molar-refractivity contribution < 1.29 is 46.5 Å². The first-order chi connectivity index (χ1) is 11.5. The predicted molar refractivity (Wildman–Crippen MR) is 77.3 cm³/mol. The lowest BCUT2D eigenvalue weighted by Gasteiger charge is -2.13. The number of hydrogen-bond donors (Lipinski definition) is 4. The van der Waals surface area contributed by atoms with Crippen LogP contribution < -0.4 is 9.81 Å². The average molecular weight is 372 g/mol. The zero-order valence-electron chi connectivity index (χ0n) is 11.9. The van der Waals surface area contributed by atoms with Gasteiger partial charge in [0, 0.05) is 17.4 Å². The second-order valence-corrected chi connectivity index (χ2v) is 6.18. The lowest BCUT2D eigenvalue weighted by atomic mass is 9.96. The summed E-state index contributed by atoms with van der Waals surface area (Å²) >= 11 is 0. The zero-order valence-corrected chi connectivity index (χ0v) is 12.7. The Labute approximate surface area is 137 Å². The van der Waals surface area contributed by atoms with Gasteiger partial charge >= 0.3 is 22.0 Å². The molecule has 0 fully saturated rings. The Bertz CT molecular complexity index is 1110. The van der Waals surface area contributed by atoms with E-state index in [0.29, 0.717) is 6.07 Å². The highest BCUT2D eigenvalue weighted by Gasteiger charge is 2.41. The molecule has 0 bridgehead atoms. The minimum absolute atomic E-state index is 0.402. The third kappa shape index (κ3) is 2.56. The molecule has 1 aliphatic rings. The summed E-state index contributed by atoms with van der Waals surface area (Å²) in [7, 11) is -5.23. The molecule has 0 unspecified atom stereocenters. The average Bonchev–Trinajstić information content (AvgIpc) is 2.80. The first kappa shape index (κ1) is 16.7. The number of hydrogen-bond acceptors (Lipinski definition) is 9. The fraction of sp³-hybridized carbons (Fsp3) is 0.154. The van der Waals surface area contributed by atoms with Crippen molar-refractivity contribution in [3.05, 3.63) is 27.8 Å². The number of Topliss-reactive ketones (excluding diaryl/α,β-unsaturated/α-hetero) is 1. The maximum atomic E-state index is 12.0. The molecule has 0 aliphatic heterocycles. The van der Waals surface area contributed by atoms with E-state index < -0.39 is 79.5 Å². The van der Waals surface area contributed by atoms with Gasteiger partial charge in [-0.3, -0.25) is 14.1 Å². The van der Waals surface area contributed by atoms with Crippen molar-refractivity contribution in [2.75, 3.05) is 0 Å². The fourth-order valence-corrected chi connectivity index (χ4v) is 3.07. The SMILES string of the molecule is O=C1C[C@@H](C(=O)O)c2c1oc(=O)c1cc(O)c(O)c(OS(=O)(=O)O)c21. The molecule has 3 rings (SSSR count). The van der Waals surface area contributed by atoms with Crippen molar-refractivity contribution in [3.63, 3.8) is 0 Å². The van der Waals surface area contributed by atoms with Crippen LogP contribution >= 0.6 is 0 Å². The Morgan fingerprint density at radius 1 is 1.28 bits per heavy atom. The lowest BCUT2D eigenvalue weighted by molar-refractivity contribution is -0.138. The van der Waals surface area contributed by atoms with E-state index in [9.17, 15) is 38.1 Å². The molecule has 25 heavy (non-hydrogen) atoms. The van der Waals surface area contributed by atoms with Crippen molar-refractivity contribution in [2.45, 2.75) is 12.3 Å². The molecular formula is C13H8O11S. The molecule has 0 saturated heterocycles. The van der Waals surface area contributed by atoms with Gasteiger partial charge in [-0.1, -0.05) is 0 Å². The van der Waals surface area contributed by atoms with Gasteiger partial charge in [-0.2, -0.15) is 8.42 Å². The third-order valence-corrected chi connectivity index (χ3v) is 4.02. The molecule has 0 saturated carbocycles. The summed E-state index contributed by atoms with van der Waals surface area (Å²) in [5, 5.41) is 27.6. The summed E-state index contributed by atoms with van der Waals surface area (Å²) < 4.78 is 39.9. The van der Waals surface area contributed by atoms with E-state index in [2.05, 4.69) is 4.18 Å². The highest BCUT2D eigenvalue weighted by Crippen LogP contribution is 2.47. The molecule has 1 aromatic heterocycles. The Hall–Kier alpha value is -3.12. The number of ketones is 1. The van der Waals surface area contributed by atoms with Crippen LogP contribution in [0.25, 0.3) is 10.8 Å². The number of aromatic hydroxyl groups is 2. The molecular weight excluding hydrogens is 364 g/mol. The Morgan fingerprint density at radius 3 is 2.48 bits per heavy atom. The van der Waals surface area contributed by atoms with Crippen LogP contribution in [0.1, 0.15) is 28.5 Å². The lowest BCUT2D eigenvalue weighted by Crippen LogP contribution is -2.13. The number of carbonyl (C=O) groups excluding carboxylic acids is 1. The number of carboxylic acids is 1. The third-order valence-electron chi connectivity index (χ3n) is 3.64. The van der Waals surface area contributed by atoms with Crippen molar-refractivity contribution in [1.82, 2.24) is 0 Å². The maximum Gasteiger partial charge on any atom is 0.446 e. The van der Waals surface area contributed by atoms with Crippen LogP contribution in [0.5, 0.6) is 17.2 Å². The second kappa shape index (κ2) is 5.19. The number of carbonyl (C=O) groups is 2. The number of benzene rings is 1. The molecule has 2 aromatic rings. The molecule has 4 N–H and O–H groups in total. The van der Waals surface area contributed by atoms with Gasteiger partial charge in [-0.15, -0.1) is 0 Å². The fourth-order valence-electron chi connectivity index (χ4n) is 2.70. The zero-order chi connectivity index (χ0) is 18.7. The summed E-state index contributed by atoms with van der Waals surface area (Å²) in [5.41, 5.74) is -1.61. The molecule has 0 radical (unpaired) electrons. The van der Waals surface area contributed by atoms with E-state index in [-0.39, 0.29) is 0 Å². The van der Waals surface area contributed by atoms with Gasteiger partial charge in [0.2, 0.25) is 5.75 Å². The van der Waals surface area contributed by atoms with Crippen LogP contribution in [0.4, 0.5) is 0 Å². The van der Waals surface area contributed by atoms with E-state index in [1.54, 1.807) is 0 Å². The molecule has 132 valence electrons. The van der Waals surface area contributed by atoms with E-state index in [0.717, 1.165) is 0 Å².